The standard InChI is InChI=1S/C15H22N2O5S/c1-15(2,3)13(17-23(4,21)22)14(20)16-11-7-5-6-10(8-11)9-12(18)19/h5-8,13,17H,9H2,1-4H3,(H,16,20)(H,18,19). The molecule has 0 bridgehead atoms. The number of carboxylic acids is 1. The Balaban J connectivity index is 2.97. The number of hydrogen-bond donors (Lipinski definition) is 3. The van der Waals surface area contributed by atoms with Gasteiger partial charge in [-0.1, -0.05) is 32.9 Å². The molecule has 0 heterocycles. The second-order valence-corrected chi connectivity index (χ2v) is 8.23. The van der Waals surface area contributed by atoms with Crippen molar-refractivity contribution in [1.29, 1.82) is 0 Å². The van der Waals surface area contributed by atoms with Gasteiger partial charge in [-0.05, 0) is 23.1 Å². The molecule has 1 aromatic carbocycles. The lowest BCUT2D eigenvalue weighted by atomic mass is 9.87. The van der Waals surface area contributed by atoms with Crippen LogP contribution in [-0.2, 0) is 26.0 Å². The minimum Gasteiger partial charge on any atom is -0.481 e. The number of rotatable bonds is 6. The molecule has 128 valence electrons. The minimum atomic E-state index is -3.56. The van der Waals surface area contributed by atoms with Gasteiger partial charge in [0.2, 0.25) is 15.9 Å². The molecule has 1 aromatic rings. The van der Waals surface area contributed by atoms with Crippen molar-refractivity contribution in [3.05, 3.63) is 29.8 Å². The van der Waals surface area contributed by atoms with E-state index in [1.54, 1.807) is 45.0 Å². The average molecular weight is 342 g/mol. The van der Waals surface area contributed by atoms with Crippen molar-refractivity contribution in [2.24, 2.45) is 5.41 Å². The van der Waals surface area contributed by atoms with Crippen molar-refractivity contribution >= 4 is 27.6 Å². The Morgan fingerprint density at radius 1 is 1.26 bits per heavy atom. The topological polar surface area (TPSA) is 113 Å². The van der Waals surface area contributed by atoms with Gasteiger partial charge in [-0.15, -0.1) is 0 Å². The molecule has 0 aromatic heterocycles. The third kappa shape index (κ3) is 6.79. The number of benzene rings is 1. The van der Waals surface area contributed by atoms with Crippen LogP contribution >= 0.6 is 0 Å². The van der Waals surface area contributed by atoms with Gasteiger partial charge >= 0.3 is 5.97 Å². The van der Waals surface area contributed by atoms with Gasteiger partial charge in [-0.3, -0.25) is 9.59 Å². The number of aliphatic carboxylic acids is 1. The molecule has 1 unspecified atom stereocenters. The van der Waals surface area contributed by atoms with Crippen molar-refractivity contribution in [2.75, 3.05) is 11.6 Å². The largest absolute Gasteiger partial charge is 0.481 e. The number of anilines is 1. The lowest BCUT2D eigenvalue weighted by Gasteiger charge is -2.29. The number of hydrogen-bond acceptors (Lipinski definition) is 4. The molecule has 1 rings (SSSR count). The summed E-state index contributed by atoms with van der Waals surface area (Å²) < 4.78 is 25.3. The van der Waals surface area contributed by atoms with Crippen molar-refractivity contribution in [2.45, 2.75) is 33.2 Å². The van der Waals surface area contributed by atoms with Crippen LogP contribution in [0.4, 0.5) is 5.69 Å². The van der Waals surface area contributed by atoms with Crippen molar-refractivity contribution < 1.29 is 23.1 Å². The summed E-state index contributed by atoms with van der Waals surface area (Å²) in [6.07, 6.45) is 0.834. The highest BCUT2D eigenvalue weighted by molar-refractivity contribution is 7.88. The highest BCUT2D eigenvalue weighted by atomic mass is 32.2. The molecular weight excluding hydrogens is 320 g/mol. The first kappa shape index (κ1) is 19.1. The SMILES string of the molecule is CC(C)(C)C(NS(C)(=O)=O)C(=O)Nc1cccc(CC(=O)O)c1. The molecule has 0 aliphatic heterocycles. The highest BCUT2D eigenvalue weighted by Gasteiger charge is 2.33. The zero-order valence-corrected chi connectivity index (χ0v) is 14.4. The Labute approximate surface area is 136 Å². The minimum absolute atomic E-state index is 0.159. The fourth-order valence-corrected chi connectivity index (χ4v) is 2.87. The van der Waals surface area contributed by atoms with Gasteiger partial charge in [0, 0.05) is 5.69 Å². The van der Waals surface area contributed by atoms with E-state index in [2.05, 4.69) is 10.0 Å². The van der Waals surface area contributed by atoms with E-state index in [0.717, 1.165) is 6.26 Å². The molecule has 1 atom stereocenters. The van der Waals surface area contributed by atoms with Crippen LogP contribution in [0, 0.1) is 5.41 Å². The Kier molecular flexibility index (Phi) is 5.90. The van der Waals surface area contributed by atoms with E-state index in [1.807, 2.05) is 0 Å². The average Bonchev–Trinajstić information content (AvgIpc) is 2.33. The van der Waals surface area contributed by atoms with Crippen LogP contribution in [0.2, 0.25) is 0 Å². The quantitative estimate of drug-likeness (QED) is 0.719. The summed E-state index contributed by atoms with van der Waals surface area (Å²) in [5.41, 5.74) is 0.322. The van der Waals surface area contributed by atoms with Crippen LogP contribution in [0.1, 0.15) is 26.3 Å². The molecule has 8 heteroatoms. The predicted molar refractivity (Wildman–Crippen MR) is 87.6 cm³/mol. The van der Waals surface area contributed by atoms with Crippen molar-refractivity contribution in [3.63, 3.8) is 0 Å². The van der Waals surface area contributed by atoms with E-state index in [9.17, 15) is 18.0 Å². The van der Waals surface area contributed by atoms with Crippen molar-refractivity contribution in [3.8, 4) is 0 Å². The molecule has 0 saturated heterocycles. The fraction of sp³-hybridized carbons (Fsp3) is 0.467. The van der Waals surface area contributed by atoms with Gasteiger partial charge in [0.05, 0.1) is 12.7 Å². The summed E-state index contributed by atoms with van der Waals surface area (Å²) in [5, 5.41) is 11.4. The maximum Gasteiger partial charge on any atom is 0.307 e. The molecular formula is C15H22N2O5S. The number of carbonyl (C=O) groups excluding carboxylic acids is 1. The van der Waals surface area contributed by atoms with E-state index >= 15 is 0 Å². The van der Waals surface area contributed by atoms with Gasteiger partial charge in [-0.2, -0.15) is 0 Å². The van der Waals surface area contributed by atoms with E-state index in [0.29, 0.717) is 11.3 Å². The monoisotopic (exact) mass is 342 g/mol. The molecule has 0 spiro atoms. The van der Waals surface area contributed by atoms with Gasteiger partial charge in [-0.25, -0.2) is 13.1 Å². The van der Waals surface area contributed by atoms with Crippen LogP contribution in [-0.4, -0.2) is 37.7 Å². The number of amides is 1. The fourth-order valence-electron chi connectivity index (χ4n) is 1.99. The summed E-state index contributed by atoms with van der Waals surface area (Å²) in [6, 6.07) is 5.47. The maximum absolute atomic E-state index is 12.4. The summed E-state index contributed by atoms with van der Waals surface area (Å²) in [6.45, 7) is 5.24. The number of carbonyl (C=O) groups is 2. The molecule has 0 saturated carbocycles. The van der Waals surface area contributed by atoms with Crippen LogP contribution in [0.25, 0.3) is 0 Å². The second-order valence-electron chi connectivity index (χ2n) is 6.45. The van der Waals surface area contributed by atoms with E-state index < -0.39 is 33.4 Å². The molecule has 0 radical (unpaired) electrons. The molecule has 1 amide bonds. The highest BCUT2D eigenvalue weighted by Crippen LogP contribution is 2.22. The van der Waals surface area contributed by atoms with Gasteiger partial charge < -0.3 is 10.4 Å². The van der Waals surface area contributed by atoms with E-state index in [1.165, 1.54) is 0 Å². The predicted octanol–water partition coefficient (Wildman–Crippen LogP) is 1.22. The number of carboxylic acid groups (broad SMARTS) is 1. The number of nitrogens with one attached hydrogen (secondary N) is 2. The third-order valence-corrected chi connectivity index (χ3v) is 3.67. The Bertz CT molecular complexity index is 692. The van der Waals surface area contributed by atoms with Gasteiger partial charge in [0.25, 0.3) is 0 Å². The Hall–Kier alpha value is -1.93. The lowest BCUT2D eigenvalue weighted by molar-refractivity contribution is -0.136. The molecule has 3 N–H and O–H groups in total. The normalized spacial score (nSPS) is 13.4. The zero-order valence-electron chi connectivity index (χ0n) is 13.6. The maximum atomic E-state index is 12.4. The molecule has 0 fully saturated rings. The summed E-state index contributed by atoms with van der Waals surface area (Å²) in [5.74, 6) is -1.48. The van der Waals surface area contributed by atoms with E-state index in [4.69, 9.17) is 5.11 Å². The molecule has 0 aliphatic rings. The van der Waals surface area contributed by atoms with Crippen molar-refractivity contribution in [1.82, 2.24) is 4.72 Å². The van der Waals surface area contributed by atoms with Gasteiger partial charge in [0.1, 0.15) is 6.04 Å². The van der Waals surface area contributed by atoms with Gasteiger partial charge in [0.15, 0.2) is 0 Å². The summed E-state index contributed by atoms with van der Waals surface area (Å²) >= 11 is 0. The summed E-state index contributed by atoms with van der Waals surface area (Å²) in [7, 11) is -3.56. The van der Waals surface area contributed by atoms with E-state index in [-0.39, 0.29) is 6.42 Å². The smallest absolute Gasteiger partial charge is 0.307 e. The first-order valence-corrected chi connectivity index (χ1v) is 8.86. The Morgan fingerprint density at radius 2 is 1.87 bits per heavy atom. The second kappa shape index (κ2) is 7.10. The van der Waals surface area contributed by atoms with Crippen LogP contribution in [0.5, 0.6) is 0 Å². The van der Waals surface area contributed by atoms with Crippen LogP contribution in [0.15, 0.2) is 24.3 Å². The van der Waals surface area contributed by atoms with Crippen LogP contribution in [0.3, 0.4) is 0 Å². The molecule has 0 aliphatic carbocycles. The van der Waals surface area contributed by atoms with Crippen LogP contribution < -0.4 is 10.0 Å². The zero-order chi connectivity index (χ0) is 17.8. The first-order valence-electron chi connectivity index (χ1n) is 6.97. The Morgan fingerprint density at radius 3 is 2.35 bits per heavy atom. The summed E-state index contributed by atoms with van der Waals surface area (Å²) in [4.78, 5) is 23.2. The first-order chi connectivity index (χ1) is 10.4. The lowest BCUT2D eigenvalue weighted by Crippen LogP contribution is -2.51. The molecule has 7 nitrogen and oxygen atoms in total. The number of sulfonamides is 1. The molecule has 23 heavy (non-hydrogen) atoms. The third-order valence-electron chi connectivity index (χ3n) is 3.01.